The monoisotopic (exact) mass is 292 g/mol. The molecule has 100 valence electrons. The van der Waals surface area contributed by atoms with Gasteiger partial charge in [-0.3, -0.25) is 9.69 Å². The minimum absolute atomic E-state index is 0.0327. The molecule has 5 heteroatoms. The van der Waals surface area contributed by atoms with E-state index in [1.165, 1.54) is 19.3 Å². The lowest BCUT2D eigenvalue weighted by atomic mass is 9.94. The molecule has 2 heterocycles. The van der Waals surface area contributed by atoms with Crippen molar-refractivity contribution in [2.45, 2.75) is 38.1 Å². The molecule has 2 fully saturated rings. The van der Waals surface area contributed by atoms with Crippen LogP contribution in [0.2, 0.25) is 0 Å². The van der Waals surface area contributed by atoms with Gasteiger partial charge in [0.05, 0.1) is 0 Å². The maximum atomic E-state index is 12.5. The molecule has 1 aromatic rings. The summed E-state index contributed by atoms with van der Waals surface area (Å²) in [4.78, 5) is 15.3. The molecule has 1 aromatic heterocycles. The summed E-state index contributed by atoms with van der Waals surface area (Å²) in [6.07, 6.45) is 7.69. The Morgan fingerprint density at radius 3 is 2.84 bits per heavy atom. The third-order valence-corrected chi connectivity index (χ3v) is 4.80. The molecule has 1 amide bonds. The molecule has 1 saturated heterocycles. The molecule has 0 atom stereocenters. The fourth-order valence-corrected chi connectivity index (χ4v) is 3.73. The molecule has 3 nitrogen and oxygen atoms in total. The first-order chi connectivity index (χ1) is 9.25. The largest absolute Gasteiger partial charge is 0.328 e. The average molecular weight is 292 g/mol. The molecule has 19 heavy (non-hydrogen) atoms. The zero-order chi connectivity index (χ0) is 13.2. The summed E-state index contributed by atoms with van der Waals surface area (Å²) in [7, 11) is 0. The summed E-state index contributed by atoms with van der Waals surface area (Å²) in [6, 6.07) is 4.27. The van der Waals surface area contributed by atoms with Crippen LogP contribution in [-0.4, -0.2) is 22.0 Å². The van der Waals surface area contributed by atoms with Crippen molar-refractivity contribution in [1.29, 1.82) is 0 Å². The Balaban J connectivity index is 1.80. The second-order valence-electron chi connectivity index (χ2n) is 4.97. The van der Waals surface area contributed by atoms with Gasteiger partial charge in [-0.2, -0.15) is 0 Å². The third kappa shape index (κ3) is 2.58. The number of carbonyl (C=O) groups excluding carboxylic acids is 1. The fraction of sp³-hybridized carbons (Fsp3) is 0.429. The van der Waals surface area contributed by atoms with Gasteiger partial charge >= 0.3 is 0 Å². The van der Waals surface area contributed by atoms with Crippen LogP contribution in [0.5, 0.6) is 0 Å². The van der Waals surface area contributed by atoms with Crippen molar-refractivity contribution in [2.75, 3.05) is 0 Å². The quantitative estimate of drug-likeness (QED) is 0.671. The van der Waals surface area contributed by atoms with Crippen molar-refractivity contribution in [3.8, 4) is 0 Å². The van der Waals surface area contributed by atoms with Crippen molar-refractivity contribution >= 4 is 40.7 Å². The van der Waals surface area contributed by atoms with Gasteiger partial charge in [-0.1, -0.05) is 25.3 Å². The van der Waals surface area contributed by atoms with Gasteiger partial charge < -0.3 is 5.32 Å². The molecule has 0 spiro atoms. The molecule has 0 aromatic carbocycles. The standard InChI is InChI=1S/C14H16N2OS2/c17-13-12(9-11-7-4-8-19-11)15-14(18)16(13)10-5-2-1-3-6-10/h4,7-10H,1-3,5-6H2,(H,15,18)/b12-9+. The van der Waals surface area contributed by atoms with E-state index in [2.05, 4.69) is 5.32 Å². The zero-order valence-corrected chi connectivity index (χ0v) is 12.2. The first-order valence-electron chi connectivity index (χ1n) is 6.65. The van der Waals surface area contributed by atoms with Gasteiger partial charge in [0, 0.05) is 10.9 Å². The van der Waals surface area contributed by atoms with Gasteiger partial charge in [0.15, 0.2) is 5.11 Å². The van der Waals surface area contributed by atoms with E-state index in [0.29, 0.717) is 10.8 Å². The number of nitrogens with zero attached hydrogens (tertiary/aromatic N) is 1. The van der Waals surface area contributed by atoms with Crippen LogP contribution in [0.15, 0.2) is 23.2 Å². The highest BCUT2D eigenvalue weighted by atomic mass is 32.1. The van der Waals surface area contributed by atoms with Crippen LogP contribution in [-0.2, 0) is 4.79 Å². The van der Waals surface area contributed by atoms with E-state index in [9.17, 15) is 4.79 Å². The highest BCUT2D eigenvalue weighted by molar-refractivity contribution is 7.80. The van der Waals surface area contributed by atoms with Crippen molar-refractivity contribution < 1.29 is 4.79 Å². The molecule has 3 rings (SSSR count). The Hall–Kier alpha value is -1.20. The lowest BCUT2D eigenvalue weighted by Gasteiger charge is -2.29. The molecule has 0 radical (unpaired) electrons. The van der Waals surface area contributed by atoms with Gasteiger partial charge in [0.2, 0.25) is 0 Å². The SMILES string of the molecule is O=C1/C(=C\c2cccs2)NC(=S)N1C1CCCCC1. The lowest BCUT2D eigenvalue weighted by molar-refractivity contribution is -0.124. The Labute approximate surface area is 122 Å². The Morgan fingerprint density at radius 1 is 1.37 bits per heavy atom. The van der Waals surface area contributed by atoms with Crippen molar-refractivity contribution in [1.82, 2.24) is 10.2 Å². The zero-order valence-electron chi connectivity index (χ0n) is 10.6. The van der Waals surface area contributed by atoms with E-state index < -0.39 is 0 Å². The van der Waals surface area contributed by atoms with Crippen molar-refractivity contribution in [2.24, 2.45) is 0 Å². The second-order valence-corrected chi connectivity index (χ2v) is 6.34. The van der Waals surface area contributed by atoms with Crippen LogP contribution in [0.1, 0.15) is 37.0 Å². The van der Waals surface area contributed by atoms with Crippen LogP contribution < -0.4 is 5.32 Å². The van der Waals surface area contributed by atoms with Crippen LogP contribution in [0.3, 0.4) is 0 Å². The molecule has 1 N–H and O–H groups in total. The van der Waals surface area contributed by atoms with Crippen LogP contribution in [0, 0.1) is 0 Å². The number of amides is 1. The predicted molar refractivity (Wildman–Crippen MR) is 81.7 cm³/mol. The summed E-state index contributed by atoms with van der Waals surface area (Å²) in [5.41, 5.74) is 0.609. The van der Waals surface area contributed by atoms with Crippen LogP contribution in [0.25, 0.3) is 6.08 Å². The van der Waals surface area contributed by atoms with Crippen LogP contribution in [0.4, 0.5) is 0 Å². The van der Waals surface area contributed by atoms with Crippen molar-refractivity contribution in [3.05, 3.63) is 28.1 Å². The number of thiophene rings is 1. The molecule has 1 aliphatic carbocycles. The van der Waals surface area contributed by atoms with Gasteiger partial charge in [-0.25, -0.2) is 0 Å². The van der Waals surface area contributed by atoms with E-state index in [-0.39, 0.29) is 11.9 Å². The summed E-state index contributed by atoms with van der Waals surface area (Å²) >= 11 is 6.95. The average Bonchev–Trinajstić information content (AvgIpc) is 3.01. The molecular weight excluding hydrogens is 276 g/mol. The summed E-state index contributed by atoms with van der Waals surface area (Å²) in [6.45, 7) is 0. The van der Waals surface area contributed by atoms with E-state index in [4.69, 9.17) is 12.2 Å². The molecule has 0 unspecified atom stereocenters. The molecule has 0 bridgehead atoms. The maximum Gasteiger partial charge on any atom is 0.276 e. The van der Waals surface area contributed by atoms with Gasteiger partial charge in [0.1, 0.15) is 5.70 Å². The number of hydrogen-bond donors (Lipinski definition) is 1. The highest BCUT2D eigenvalue weighted by Gasteiger charge is 2.36. The molecular formula is C14H16N2OS2. The summed E-state index contributed by atoms with van der Waals surface area (Å²) in [5, 5.41) is 5.64. The maximum absolute atomic E-state index is 12.5. The number of hydrogen-bond acceptors (Lipinski definition) is 3. The number of carbonyl (C=O) groups is 1. The Kier molecular flexibility index (Phi) is 3.66. The van der Waals surface area contributed by atoms with Crippen molar-refractivity contribution in [3.63, 3.8) is 0 Å². The normalized spacial score (nSPS) is 23.2. The minimum atomic E-state index is 0.0327. The fourth-order valence-electron chi connectivity index (χ4n) is 2.74. The third-order valence-electron chi connectivity index (χ3n) is 3.68. The van der Waals surface area contributed by atoms with E-state index in [0.717, 1.165) is 17.7 Å². The number of rotatable bonds is 2. The molecule has 1 aliphatic heterocycles. The Morgan fingerprint density at radius 2 is 2.16 bits per heavy atom. The first kappa shape index (κ1) is 12.8. The number of thiocarbonyl (C=S) groups is 1. The second kappa shape index (κ2) is 5.43. The van der Waals surface area contributed by atoms with Gasteiger partial charge in [0.25, 0.3) is 5.91 Å². The van der Waals surface area contributed by atoms with Gasteiger partial charge in [-0.15, -0.1) is 11.3 Å². The number of nitrogens with one attached hydrogen (secondary N) is 1. The predicted octanol–water partition coefficient (Wildman–Crippen LogP) is 3.14. The topological polar surface area (TPSA) is 32.3 Å². The molecule has 2 aliphatic rings. The summed E-state index contributed by atoms with van der Waals surface area (Å²) in [5.74, 6) is 0.0327. The smallest absolute Gasteiger partial charge is 0.276 e. The Bertz CT molecular complexity index is 516. The van der Waals surface area contributed by atoms with E-state index in [1.807, 2.05) is 23.6 Å². The highest BCUT2D eigenvalue weighted by Crippen LogP contribution is 2.27. The van der Waals surface area contributed by atoms with Gasteiger partial charge in [-0.05, 0) is 42.6 Å². The minimum Gasteiger partial charge on any atom is -0.328 e. The molecule has 1 saturated carbocycles. The summed E-state index contributed by atoms with van der Waals surface area (Å²) < 4.78 is 0. The van der Waals surface area contributed by atoms with E-state index in [1.54, 1.807) is 16.2 Å². The van der Waals surface area contributed by atoms with E-state index >= 15 is 0 Å². The van der Waals surface area contributed by atoms with Crippen LogP contribution >= 0.6 is 23.6 Å². The lowest BCUT2D eigenvalue weighted by Crippen LogP contribution is -2.41. The first-order valence-corrected chi connectivity index (χ1v) is 7.94.